The van der Waals surface area contributed by atoms with Crippen LogP contribution in [-0.4, -0.2) is 13.7 Å². The maximum atomic E-state index is 6.24. The van der Waals surface area contributed by atoms with Crippen LogP contribution in [0.2, 0.25) is 5.02 Å². The number of para-hydroxylation sites is 1. The van der Waals surface area contributed by atoms with E-state index in [0.29, 0.717) is 10.9 Å². The van der Waals surface area contributed by atoms with E-state index < -0.39 is 0 Å². The van der Waals surface area contributed by atoms with Crippen molar-refractivity contribution in [3.63, 3.8) is 0 Å². The molecular formula is C16H26ClNO. The normalized spacial score (nSPS) is 12.4. The molecule has 0 aliphatic rings. The molecule has 108 valence electrons. The summed E-state index contributed by atoms with van der Waals surface area (Å²) in [5.41, 5.74) is 1.13. The minimum atomic E-state index is 0.624. The van der Waals surface area contributed by atoms with Gasteiger partial charge in [0.05, 0.1) is 11.6 Å². The lowest BCUT2D eigenvalue weighted by molar-refractivity contribution is 0.231. The van der Waals surface area contributed by atoms with Crippen molar-refractivity contribution in [1.29, 1.82) is 0 Å². The Bertz CT molecular complexity index is 368. The van der Waals surface area contributed by atoms with Gasteiger partial charge in [-0.3, -0.25) is 0 Å². The van der Waals surface area contributed by atoms with Gasteiger partial charge in [-0.05, 0) is 25.5 Å². The summed E-state index contributed by atoms with van der Waals surface area (Å²) in [5, 5.41) is 3.86. The van der Waals surface area contributed by atoms with Crippen LogP contribution in [0.3, 0.4) is 0 Å². The fraction of sp³-hybridized carbons (Fsp3) is 0.625. The van der Waals surface area contributed by atoms with Gasteiger partial charge in [0, 0.05) is 12.1 Å². The first-order valence-corrected chi connectivity index (χ1v) is 7.65. The lowest BCUT2D eigenvalue weighted by atomic mass is 10.0. The quantitative estimate of drug-likeness (QED) is 0.712. The zero-order valence-electron chi connectivity index (χ0n) is 12.3. The number of halogens is 1. The van der Waals surface area contributed by atoms with E-state index in [2.05, 4.69) is 25.2 Å². The van der Waals surface area contributed by atoms with Gasteiger partial charge in [-0.15, -0.1) is 0 Å². The Hall–Kier alpha value is -0.730. The van der Waals surface area contributed by atoms with Gasteiger partial charge in [-0.2, -0.15) is 0 Å². The Morgan fingerprint density at radius 3 is 2.74 bits per heavy atom. The third-order valence-electron chi connectivity index (χ3n) is 3.42. The molecule has 0 amide bonds. The van der Waals surface area contributed by atoms with E-state index in [1.54, 1.807) is 0 Å². The van der Waals surface area contributed by atoms with Crippen LogP contribution < -0.4 is 10.1 Å². The van der Waals surface area contributed by atoms with E-state index in [4.69, 9.17) is 16.3 Å². The molecule has 0 aliphatic carbocycles. The van der Waals surface area contributed by atoms with Crippen molar-refractivity contribution in [1.82, 2.24) is 5.32 Å². The molecule has 19 heavy (non-hydrogen) atoms. The number of hydrogen-bond donors (Lipinski definition) is 1. The summed E-state index contributed by atoms with van der Waals surface area (Å²) in [5.74, 6) is 1.46. The Morgan fingerprint density at radius 1 is 1.32 bits per heavy atom. The molecule has 0 aromatic heterocycles. The molecule has 1 aromatic carbocycles. The second kappa shape index (κ2) is 9.22. The molecule has 1 unspecified atom stereocenters. The summed E-state index contributed by atoms with van der Waals surface area (Å²) in [6.07, 6.45) is 4.91. The van der Waals surface area contributed by atoms with Gasteiger partial charge in [0.25, 0.3) is 0 Å². The summed E-state index contributed by atoms with van der Waals surface area (Å²) in [6.45, 7) is 6.00. The zero-order valence-corrected chi connectivity index (χ0v) is 13.1. The molecule has 0 heterocycles. The van der Waals surface area contributed by atoms with E-state index >= 15 is 0 Å². The van der Waals surface area contributed by atoms with E-state index in [0.717, 1.165) is 30.9 Å². The minimum Gasteiger partial charge on any atom is -0.491 e. The van der Waals surface area contributed by atoms with Crippen molar-refractivity contribution < 1.29 is 4.74 Å². The van der Waals surface area contributed by atoms with E-state index in [1.165, 1.54) is 19.3 Å². The van der Waals surface area contributed by atoms with Gasteiger partial charge in [-0.1, -0.05) is 56.8 Å². The van der Waals surface area contributed by atoms with Gasteiger partial charge >= 0.3 is 0 Å². The van der Waals surface area contributed by atoms with Gasteiger partial charge in [0.1, 0.15) is 5.75 Å². The number of benzene rings is 1. The highest BCUT2D eigenvalue weighted by Gasteiger charge is 2.11. The molecule has 0 fully saturated rings. The van der Waals surface area contributed by atoms with Crippen LogP contribution in [0, 0.1) is 5.92 Å². The van der Waals surface area contributed by atoms with Crippen LogP contribution in [0.25, 0.3) is 0 Å². The third-order valence-corrected chi connectivity index (χ3v) is 3.72. The summed E-state index contributed by atoms with van der Waals surface area (Å²) < 4.78 is 6.00. The highest BCUT2D eigenvalue weighted by atomic mass is 35.5. The third kappa shape index (κ3) is 5.42. The molecule has 0 aliphatic heterocycles. The van der Waals surface area contributed by atoms with Crippen molar-refractivity contribution in [2.45, 2.75) is 46.1 Å². The highest BCUT2D eigenvalue weighted by molar-refractivity contribution is 6.32. The molecule has 2 nitrogen and oxygen atoms in total. The van der Waals surface area contributed by atoms with Gasteiger partial charge < -0.3 is 10.1 Å². The molecule has 1 atom stereocenters. The predicted octanol–water partition coefficient (Wildman–Crippen LogP) is 4.65. The van der Waals surface area contributed by atoms with Crippen LogP contribution in [0.5, 0.6) is 5.75 Å². The fourth-order valence-electron chi connectivity index (χ4n) is 2.14. The first-order chi connectivity index (χ1) is 9.22. The van der Waals surface area contributed by atoms with Crippen LogP contribution >= 0.6 is 11.6 Å². The van der Waals surface area contributed by atoms with Crippen molar-refractivity contribution in [3.05, 3.63) is 28.8 Å². The van der Waals surface area contributed by atoms with Crippen molar-refractivity contribution in [2.75, 3.05) is 13.7 Å². The molecule has 0 bridgehead atoms. The molecule has 3 heteroatoms. The summed E-state index contributed by atoms with van der Waals surface area (Å²) >= 11 is 6.24. The van der Waals surface area contributed by atoms with Crippen molar-refractivity contribution in [2.24, 2.45) is 5.92 Å². The van der Waals surface area contributed by atoms with E-state index in [1.807, 2.05) is 19.2 Å². The Balaban J connectivity index is 2.64. The number of rotatable bonds is 9. The number of ether oxygens (including phenoxy) is 1. The molecule has 0 saturated heterocycles. The number of unbranched alkanes of at least 4 members (excludes halogenated alkanes) is 1. The van der Waals surface area contributed by atoms with E-state index in [-0.39, 0.29) is 0 Å². The molecule has 1 rings (SSSR count). The van der Waals surface area contributed by atoms with Crippen LogP contribution in [0.1, 0.15) is 45.1 Å². The van der Waals surface area contributed by atoms with Crippen LogP contribution in [0.4, 0.5) is 0 Å². The maximum Gasteiger partial charge on any atom is 0.142 e. The Labute approximate surface area is 122 Å². The molecule has 0 spiro atoms. The molecular weight excluding hydrogens is 258 g/mol. The SMILES string of the molecule is CCCCC(CC)COc1c(Cl)cccc1CNC. The predicted molar refractivity (Wildman–Crippen MR) is 83.0 cm³/mol. The van der Waals surface area contributed by atoms with Gasteiger partial charge in [-0.25, -0.2) is 0 Å². The maximum absolute atomic E-state index is 6.24. The number of nitrogens with one attached hydrogen (secondary N) is 1. The Morgan fingerprint density at radius 2 is 2.11 bits per heavy atom. The number of hydrogen-bond acceptors (Lipinski definition) is 2. The molecule has 0 radical (unpaired) electrons. The second-order valence-electron chi connectivity index (χ2n) is 4.99. The van der Waals surface area contributed by atoms with Crippen LogP contribution in [-0.2, 0) is 6.54 Å². The first-order valence-electron chi connectivity index (χ1n) is 7.27. The molecule has 0 saturated carbocycles. The van der Waals surface area contributed by atoms with Crippen LogP contribution in [0.15, 0.2) is 18.2 Å². The summed E-state index contributed by atoms with van der Waals surface area (Å²) in [4.78, 5) is 0. The lowest BCUT2D eigenvalue weighted by Gasteiger charge is -2.18. The molecule has 1 aromatic rings. The van der Waals surface area contributed by atoms with Gasteiger partial charge in [0.15, 0.2) is 0 Å². The highest BCUT2D eigenvalue weighted by Crippen LogP contribution is 2.29. The second-order valence-corrected chi connectivity index (χ2v) is 5.39. The lowest BCUT2D eigenvalue weighted by Crippen LogP contribution is -2.14. The zero-order chi connectivity index (χ0) is 14.1. The van der Waals surface area contributed by atoms with Crippen molar-refractivity contribution in [3.8, 4) is 5.75 Å². The Kier molecular flexibility index (Phi) is 7.92. The first kappa shape index (κ1) is 16.3. The smallest absolute Gasteiger partial charge is 0.142 e. The standard InChI is InChI=1S/C16H26ClNO/c1-4-6-8-13(5-2)12-19-16-14(11-18-3)9-7-10-15(16)17/h7,9-10,13,18H,4-6,8,11-12H2,1-3H3. The largest absolute Gasteiger partial charge is 0.491 e. The fourth-order valence-corrected chi connectivity index (χ4v) is 2.39. The monoisotopic (exact) mass is 283 g/mol. The van der Waals surface area contributed by atoms with Crippen molar-refractivity contribution >= 4 is 11.6 Å². The topological polar surface area (TPSA) is 21.3 Å². The van der Waals surface area contributed by atoms with E-state index in [9.17, 15) is 0 Å². The molecule has 1 N–H and O–H groups in total. The van der Waals surface area contributed by atoms with Gasteiger partial charge in [0.2, 0.25) is 0 Å². The summed E-state index contributed by atoms with van der Waals surface area (Å²) in [7, 11) is 1.93. The average molecular weight is 284 g/mol. The average Bonchev–Trinajstić information content (AvgIpc) is 2.41. The summed E-state index contributed by atoms with van der Waals surface area (Å²) in [6, 6.07) is 5.92. The minimum absolute atomic E-state index is 0.624.